The lowest BCUT2D eigenvalue weighted by molar-refractivity contribution is -0.143. The van der Waals surface area contributed by atoms with Gasteiger partial charge in [0.05, 0.1) is 6.61 Å². The van der Waals surface area contributed by atoms with E-state index < -0.39 is 0 Å². The Morgan fingerprint density at radius 3 is 2.32 bits per heavy atom. The molecule has 0 bridgehead atoms. The minimum atomic E-state index is -0.204. The van der Waals surface area contributed by atoms with E-state index in [0.29, 0.717) is 25.9 Å². The van der Waals surface area contributed by atoms with Gasteiger partial charge in [-0.05, 0) is 63.6 Å². The number of hydrogen-bond donors (Lipinski definition) is 0. The van der Waals surface area contributed by atoms with Crippen LogP contribution in [0.2, 0.25) is 0 Å². The number of aryl methyl sites for hydroxylation is 1. The van der Waals surface area contributed by atoms with Gasteiger partial charge in [0, 0.05) is 12.8 Å². The summed E-state index contributed by atoms with van der Waals surface area (Å²) in [5.41, 5.74) is 1.35. The maximum Gasteiger partial charge on any atom is 0.305 e. The van der Waals surface area contributed by atoms with Crippen LogP contribution in [0.4, 0.5) is 0 Å². The molecule has 4 rings (SSSR count). The highest BCUT2D eigenvalue weighted by Crippen LogP contribution is 2.36. The number of esters is 1. The van der Waals surface area contributed by atoms with Gasteiger partial charge in [-0.3, -0.25) is 4.79 Å². The first kappa shape index (κ1) is 18.4. The maximum absolute atomic E-state index is 11.6. The number of carbonyl (C=O) groups excluding carboxylic acids is 2. The lowest BCUT2D eigenvalue weighted by Crippen LogP contribution is -2.06. The first-order chi connectivity index (χ1) is 13.8. The van der Waals surface area contributed by atoms with Gasteiger partial charge in [-0.1, -0.05) is 54.6 Å². The van der Waals surface area contributed by atoms with Crippen LogP contribution in [0.15, 0.2) is 54.6 Å². The molecular formula is C25H24O3. The number of benzene rings is 4. The van der Waals surface area contributed by atoms with Crippen LogP contribution in [0, 0.1) is 0 Å². The van der Waals surface area contributed by atoms with Crippen molar-refractivity contribution in [3.63, 3.8) is 0 Å². The summed E-state index contributed by atoms with van der Waals surface area (Å²) in [6.07, 6.45) is 4.95. The molecule has 0 aliphatic rings. The molecule has 0 heterocycles. The van der Waals surface area contributed by atoms with Crippen LogP contribution in [-0.2, 0) is 20.7 Å². The Bertz CT molecular complexity index is 1100. The van der Waals surface area contributed by atoms with Crippen molar-refractivity contribution in [2.45, 2.75) is 38.5 Å². The van der Waals surface area contributed by atoms with Crippen LogP contribution < -0.4 is 0 Å². The Morgan fingerprint density at radius 2 is 1.54 bits per heavy atom. The Labute approximate surface area is 164 Å². The zero-order chi connectivity index (χ0) is 19.3. The van der Waals surface area contributed by atoms with Gasteiger partial charge in [0.1, 0.15) is 6.29 Å². The van der Waals surface area contributed by atoms with E-state index in [1.54, 1.807) is 0 Å². The molecule has 0 atom stereocenters. The minimum absolute atomic E-state index is 0.204. The third-order valence-electron chi connectivity index (χ3n) is 5.43. The largest absolute Gasteiger partial charge is 0.466 e. The van der Waals surface area contributed by atoms with Crippen LogP contribution in [0.25, 0.3) is 32.3 Å². The van der Waals surface area contributed by atoms with Crippen molar-refractivity contribution in [1.29, 1.82) is 0 Å². The first-order valence-electron chi connectivity index (χ1n) is 10.0. The lowest BCUT2D eigenvalue weighted by Gasteiger charge is -2.14. The Balaban J connectivity index is 1.43. The number of rotatable bonds is 9. The molecule has 0 amide bonds. The Morgan fingerprint density at radius 1 is 0.821 bits per heavy atom. The second-order valence-corrected chi connectivity index (χ2v) is 7.32. The molecule has 0 spiro atoms. The number of unbranched alkanes of at least 4 members (excludes halogenated alkanes) is 2. The maximum atomic E-state index is 11.6. The first-order valence-corrected chi connectivity index (χ1v) is 10.0. The third kappa shape index (κ3) is 3.70. The highest BCUT2D eigenvalue weighted by molar-refractivity contribution is 6.23. The van der Waals surface area contributed by atoms with Crippen molar-refractivity contribution in [3.05, 3.63) is 60.2 Å². The average molecular weight is 372 g/mol. The van der Waals surface area contributed by atoms with Gasteiger partial charge in [-0.2, -0.15) is 0 Å². The standard InChI is InChI=1S/C25H24O3/c26-16-3-1-9-23(27)28-17-4-2-6-18-10-11-21-13-12-19-7-5-8-20-14-15-22(18)25(21)24(19)20/h5,7-8,10-16H,1-4,6,9,17H2. The molecule has 4 aromatic carbocycles. The fraction of sp³-hybridized carbons (Fsp3) is 0.280. The van der Waals surface area contributed by atoms with Crippen LogP contribution in [0.1, 0.15) is 37.7 Å². The van der Waals surface area contributed by atoms with Crippen LogP contribution >= 0.6 is 0 Å². The van der Waals surface area contributed by atoms with E-state index in [-0.39, 0.29) is 5.97 Å². The SMILES string of the molecule is O=CCCCC(=O)OCCCCc1ccc2ccc3cccc4ccc1c2c34. The van der Waals surface area contributed by atoms with Crippen LogP contribution in [-0.4, -0.2) is 18.9 Å². The number of aldehydes is 1. The van der Waals surface area contributed by atoms with Gasteiger partial charge in [0.25, 0.3) is 0 Å². The Kier molecular flexibility index (Phi) is 5.52. The summed E-state index contributed by atoms with van der Waals surface area (Å²) in [5, 5.41) is 7.89. The van der Waals surface area contributed by atoms with Gasteiger partial charge in [0.15, 0.2) is 0 Å². The van der Waals surface area contributed by atoms with Gasteiger partial charge in [-0.25, -0.2) is 0 Å². The highest BCUT2D eigenvalue weighted by Gasteiger charge is 2.10. The van der Waals surface area contributed by atoms with Crippen molar-refractivity contribution in [2.24, 2.45) is 0 Å². The van der Waals surface area contributed by atoms with Gasteiger partial charge in [-0.15, -0.1) is 0 Å². The van der Waals surface area contributed by atoms with E-state index in [4.69, 9.17) is 4.74 Å². The number of ether oxygens (including phenoxy) is 1. The predicted octanol–water partition coefficient (Wildman–Crippen LogP) is 5.82. The van der Waals surface area contributed by atoms with Crippen molar-refractivity contribution in [1.82, 2.24) is 0 Å². The van der Waals surface area contributed by atoms with Gasteiger partial charge in [0.2, 0.25) is 0 Å². The molecule has 0 aromatic heterocycles. The summed E-state index contributed by atoms with van der Waals surface area (Å²) in [6.45, 7) is 0.450. The van der Waals surface area contributed by atoms with E-state index in [9.17, 15) is 9.59 Å². The summed E-state index contributed by atoms with van der Waals surface area (Å²) in [6, 6.07) is 19.8. The fourth-order valence-corrected chi connectivity index (χ4v) is 4.02. The number of carbonyl (C=O) groups is 2. The molecule has 0 aliphatic heterocycles. The molecule has 0 N–H and O–H groups in total. The smallest absolute Gasteiger partial charge is 0.305 e. The molecule has 3 heteroatoms. The molecule has 0 radical (unpaired) electrons. The molecule has 0 saturated heterocycles. The van der Waals surface area contributed by atoms with Crippen molar-refractivity contribution in [2.75, 3.05) is 6.61 Å². The van der Waals surface area contributed by atoms with Crippen molar-refractivity contribution in [3.8, 4) is 0 Å². The molecule has 4 aromatic rings. The van der Waals surface area contributed by atoms with Crippen molar-refractivity contribution >= 4 is 44.6 Å². The summed E-state index contributed by atoms with van der Waals surface area (Å²) < 4.78 is 5.25. The van der Waals surface area contributed by atoms with E-state index >= 15 is 0 Å². The lowest BCUT2D eigenvalue weighted by atomic mass is 9.91. The second-order valence-electron chi connectivity index (χ2n) is 7.32. The molecule has 142 valence electrons. The topological polar surface area (TPSA) is 43.4 Å². The van der Waals surface area contributed by atoms with E-state index in [2.05, 4.69) is 54.6 Å². The van der Waals surface area contributed by atoms with Crippen LogP contribution in [0.5, 0.6) is 0 Å². The Hall–Kier alpha value is -2.94. The zero-order valence-electron chi connectivity index (χ0n) is 15.9. The van der Waals surface area contributed by atoms with E-state index in [0.717, 1.165) is 25.5 Å². The summed E-state index contributed by atoms with van der Waals surface area (Å²) in [7, 11) is 0. The summed E-state index contributed by atoms with van der Waals surface area (Å²) >= 11 is 0. The van der Waals surface area contributed by atoms with Crippen LogP contribution in [0.3, 0.4) is 0 Å². The molecular weight excluding hydrogens is 348 g/mol. The van der Waals surface area contributed by atoms with E-state index in [1.165, 1.54) is 37.9 Å². The highest BCUT2D eigenvalue weighted by atomic mass is 16.5. The molecule has 0 aliphatic carbocycles. The summed E-state index contributed by atoms with van der Waals surface area (Å²) in [5.74, 6) is -0.204. The summed E-state index contributed by atoms with van der Waals surface area (Å²) in [4.78, 5) is 21.9. The predicted molar refractivity (Wildman–Crippen MR) is 114 cm³/mol. The molecule has 3 nitrogen and oxygen atoms in total. The molecule has 0 saturated carbocycles. The van der Waals surface area contributed by atoms with Crippen molar-refractivity contribution < 1.29 is 14.3 Å². The minimum Gasteiger partial charge on any atom is -0.466 e. The molecule has 28 heavy (non-hydrogen) atoms. The fourth-order valence-electron chi connectivity index (χ4n) is 4.02. The van der Waals surface area contributed by atoms with E-state index in [1.807, 2.05) is 0 Å². The molecule has 0 fully saturated rings. The van der Waals surface area contributed by atoms with Gasteiger partial charge < -0.3 is 9.53 Å². The third-order valence-corrected chi connectivity index (χ3v) is 5.43. The zero-order valence-corrected chi connectivity index (χ0v) is 15.9. The normalized spacial score (nSPS) is 11.4. The molecule has 0 unspecified atom stereocenters. The monoisotopic (exact) mass is 372 g/mol. The number of hydrogen-bond acceptors (Lipinski definition) is 3. The quantitative estimate of drug-likeness (QED) is 0.161. The van der Waals surface area contributed by atoms with Gasteiger partial charge >= 0.3 is 5.97 Å². The average Bonchev–Trinajstić information content (AvgIpc) is 2.72. The second kappa shape index (κ2) is 8.39.